The maximum absolute atomic E-state index is 14.9. The third-order valence-corrected chi connectivity index (χ3v) is 6.20. The van der Waals surface area contributed by atoms with Gasteiger partial charge in [-0.2, -0.15) is 0 Å². The first-order valence-corrected chi connectivity index (χ1v) is 10.1. The number of nitrogens with two attached hydrogens (primary N) is 1. The topological polar surface area (TPSA) is 112 Å². The summed E-state index contributed by atoms with van der Waals surface area (Å²) in [5.74, 6) is -2.16. The van der Waals surface area contributed by atoms with Gasteiger partial charge in [0.25, 0.3) is 5.91 Å². The zero-order chi connectivity index (χ0) is 21.5. The number of benzene rings is 1. The van der Waals surface area contributed by atoms with E-state index in [0.29, 0.717) is 5.75 Å². The fourth-order valence-electron chi connectivity index (χ4n) is 3.71. The molecule has 3 heterocycles. The Bertz CT molecular complexity index is 1020. The van der Waals surface area contributed by atoms with Crippen LogP contribution in [0.5, 0.6) is 5.88 Å². The normalized spacial score (nSPS) is 25.4. The number of carbonyl (C=O) groups is 1. The number of carbonyl (C=O) groups excluding carboxylic acids is 1. The van der Waals surface area contributed by atoms with Crippen LogP contribution in [-0.2, 0) is 10.3 Å². The number of amides is 1. The molecule has 2 aliphatic rings. The number of fused-ring (bicyclic) bond motifs is 1. The molecule has 8 nitrogen and oxygen atoms in total. The molecule has 0 aliphatic carbocycles. The Hall–Kier alpha value is -2.79. The minimum Gasteiger partial charge on any atom is -0.480 e. The second-order valence-corrected chi connectivity index (χ2v) is 8.07. The van der Waals surface area contributed by atoms with Crippen molar-refractivity contribution in [2.45, 2.75) is 18.6 Å². The van der Waals surface area contributed by atoms with Crippen molar-refractivity contribution in [2.24, 2.45) is 16.6 Å². The van der Waals surface area contributed by atoms with Crippen LogP contribution in [0.3, 0.4) is 0 Å². The van der Waals surface area contributed by atoms with E-state index in [1.165, 1.54) is 37.3 Å². The number of methoxy groups -OCH3 is 1. The van der Waals surface area contributed by atoms with Crippen molar-refractivity contribution in [2.75, 3.05) is 24.8 Å². The molecular formula is C19H19F2N5O3S. The highest BCUT2D eigenvalue weighted by Crippen LogP contribution is 2.48. The van der Waals surface area contributed by atoms with Gasteiger partial charge in [0.05, 0.1) is 32.2 Å². The van der Waals surface area contributed by atoms with Crippen LogP contribution in [0.25, 0.3) is 0 Å². The number of hydrogen-bond acceptors (Lipinski definition) is 8. The summed E-state index contributed by atoms with van der Waals surface area (Å²) in [7, 11) is 1.42. The lowest BCUT2D eigenvalue weighted by Gasteiger charge is -2.35. The zero-order valence-corrected chi connectivity index (χ0v) is 17.0. The third kappa shape index (κ3) is 3.47. The van der Waals surface area contributed by atoms with Gasteiger partial charge in [-0.1, -0.05) is 11.8 Å². The van der Waals surface area contributed by atoms with Crippen LogP contribution in [0.15, 0.2) is 29.5 Å². The van der Waals surface area contributed by atoms with Crippen LogP contribution >= 0.6 is 11.8 Å². The van der Waals surface area contributed by atoms with Crippen molar-refractivity contribution in [3.63, 3.8) is 0 Å². The maximum Gasteiger partial charge on any atom is 0.275 e. The number of rotatable bonds is 4. The Morgan fingerprint density at radius 3 is 2.87 bits per heavy atom. The van der Waals surface area contributed by atoms with E-state index in [9.17, 15) is 13.6 Å². The second-order valence-electron chi connectivity index (χ2n) is 7.03. The molecule has 0 saturated carbocycles. The predicted molar refractivity (Wildman–Crippen MR) is 108 cm³/mol. The van der Waals surface area contributed by atoms with E-state index in [1.54, 1.807) is 0 Å². The largest absolute Gasteiger partial charge is 0.480 e. The number of hydrogen-bond donors (Lipinski definition) is 2. The summed E-state index contributed by atoms with van der Waals surface area (Å²) in [5, 5.41) is 2.81. The molecule has 1 aromatic carbocycles. The van der Waals surface area contributed by atoms with Crippen LogP contribution in [0.2, 0.25) is 0 Å². The van der Waals surface area contributed by atoms with Gasteiger partial charge < -0.3 is 20.5 Å². The highest BCUT2D eigenvalue weighted by atomic mass is 32.2. The Balaban J connectivity index is 1.70. The molecule has 30 heavy (non-hydrogen) atoms. The van der Waals surface area contributed by atoms with Gasteiger partial charge in [-0.25, -0.2) is 23.7 Å². The molecule has 11 heteroatoms. The molecule has 3 atom stereocenters. The molecule has 0 radical (unpaired) electrons. The molecule has 1 saturated heterocycles. The molecule has 1 amide bonds. The zero-order valence-electron chi connectivity index (χ0n) is 16.2. The predicted octanol–water partition coefficient (Wildman–Crippen LogP) is 2.31. The van der Waals surface area contributed by atoms with Gasteiger partial charge in [0.1, 0.15) is 11.2 Å². The summed E-state index contributed by atoms with van der Waals surface area (Å²) in [4.78, 5) is 24.8. The lowest BCUT2D eigenvalue weighted by Crippen LogP contribution is -2.42. The Morgan fingerprint density at radius 2 is 2.17 bits per heavy atom. The summed E-state index contributed by atoms with van der Waals surface area (Å²) in [5.41, 5.74) is 4.81. The number of nitrogens with zero attached hydrogens (tertiary/aromatic N) is 3. The SMILES string of the molecule is COc1cnc(C(=O)Nc2cc(F)c(F)c([C@]34CO[C@H](C)[C@H]3CSC(N)=N4)c2)cn1. The maximum atomic E-state index is 14.9. The van der Waals surface area contributed by atoms with Gasteiger partial charge in [-0.05, 0) is 13.0 Å². The van der Waals surface area contributed by atoms with E-state index < -0.39 is 23.1 Å². The van der Waals surface area contributed by atoms with Gasteiger partial charge >= 0.3 is 0 Å². The number of thioether (sulfide) groups is 1. The van der Waals surface area contributed by atoms with Crippen molar-refractivity contribution >= 4 is 28.5 Å². The average Bonchev–Trinajstić information content (AvgIpc) is 3.07. The monoisotopic (exact) mass is 435 g/mol. The Labute approximate surface area is 175 Å². The van der Waals surface area contributed by atoms with Crippen LogP contribution in [0.4, 0.5) is 14.5 Å². The van der Waals surface area contributed by atoms with Crippen molar-refractivity contribution < 1.29 is 23.0 Å². The van der Waals surface area contributed by atoms with Gasteiger partial charge in [-0.15, -0.1) is 0 Å². The summed E-state index contributed by atoms with van der Waals surface area (Å²) in [6.45, 7) is 1.93. The van der Waals surface area contributed by atoms with Gasteiger partial charge in [0.2, 0.25) is 5.88 Å². The summed E-state index contributed by atoms with van der Waals surface area (Å²) >= 11 is 1.35. The molecule has 0 bridgehead atoms. The highest BCUT2D eigenvalue weighted by molar-refractivity contribution is 8.13. The van der Waals surface area contributed by atoms with E-state index in [4.69, 9.17) is 15.2 Å². The average molecular weight is 435 g/mol. The van der Waals surface area contributed by atoms with Gasteiger partial charge in [-0.3, -0.25) is 4.79 Å². The fourth-order valence-corrected chi connectivity index (χ4v) is 4.84. The smallest absolute Gasteiger partial charge is 0.275 e. The van der Waals surface area contributed by atoms with Crippen LogP contribution in [0.1, 0.15) is 23.0 Å². The van der Waals surface area contributed by atoms with Crippen molar-refractivity contribution in [3.8, 4) is 5.88 Å². The molecule has 2 aromatic rings. The summed E-state index contributed by atoms with van der Waals surface area (Å²) in [6.07, 6.45) is 2.30. The van der Waals surface area contributed by atoms with E-state index >= 15 is 0 Å². The van der Waals surface area contributed by atoms with Crippen molar-refractivity contribution in [1.29, 1.82) is 0 Å². The van der Waals surface area contributed by atoms with Crippen LogP contribution in [-0.4, -0.2) is 46.6 Å². The Kier molecular flexibility index (Phi) is 5.33. The number of anilines is 1. The highest BCUT2D eigenvalue weighted by Gasteiger charge is 2.53. The first-order chi connectivity index (χ1) is 14.3. The number of amidine groups is 1. The quantitative estimate of drug-likeness (QED) is 0.758. The lowest BCUT2D eigenvalue weighted by molar-refractivity contribution is 0.102. The molecule has 0 spiro atoms. The van der Waals surface area contributed by atoms with Crippen molar-refractivity contribution in [1.82, 2.24) is 9.97 Å². The van der Waals surface area contributed by atoms with Gasteiger partial charge in [0.15, 0.2) is 16.8 Å². The number of nitrogens with one attached hydrogen (secondary N) is 1. The van der Waals surface area contributed by atoms with Crippen molar-refractivity contribution in [3.05, 3.63) is 47.4 Å². The van der Waals surface area contributed by atoms with Crippen LogP contribution in [0, 0.1) is 17.6 Å². The molecule has 0 unspecified atom stereocenters. The first-order valence-electron chi connectivity index (χ1n) is 9.10. The molecule has 3 N–H and O–H groups in total. The number of halogens is 2. The van der Waals surface area contributed by atoms with E-state index in [0.717, 1.165) is 6.07 Å². The van der Waals surface area contributed by atoms with E-state index in [1.807, 2.05) is 6.92 Å². The molecule has 1 fully saturated rings. The first kappa shape index (κ1) is 20.5. The minimum absolute atomic E-state index is 0.00350. The van der Waals surface area contributed by atoms with Crippen LogP contribution < -0.4 is 15.8 Å². The number of aromatic nitrogens is 2. The van der Waals surface area contributed by atoms with E-state index in [2.05, 4.69) is 20.3 Å². The minimum atomic E-state index is -1.15. The molecular weight excluding hydrogens is 416 g/mol. The van der Waals surface area contributed by atoms with E-state index in [-0.39, 0.29) is 46.6 Å². The van der Waals surface area contributed by atoms with Gasteiger partial charge in [0, 0.05) is 29.0 Å². The second kappa shape index (κ2) is 7.80. The molecule has 2 aliphatic heterocycles. The summed E-state index contributed by atoms with van der Waals surface area (Å²) < 4.78 is 40.0. The molecule has 4 rings (SSSR count). The number of aliphatic imine (C=N–C) groups is 1. The lowest BCUT2D eigenvalue weighted by atomic mass is 9.79. The fraction of sp³-hybridized carbons (Fsp3) is 0.368. The molecule has 1 aromatic heterocycles. The number of ether oxygens (including phenoxy) is 2. The molecule has 158 valence electrons. The Morgan fingerprint density at radius 1 is 1.37 bits per heavy atom. The summed E-state index contributed by atoms with van der Waals surface area (Å²) in [6, 6.07) is 2.28. The third-order valence-electron chi connectivity index (χ3n) is 5.29. The standard InChI is InChI=1S/C19H19F2N5O3S/c1-9-12-7-30-18(22)26-19(12,8-29-9)11-3-10(4-13(20)16(11)21)25-17(27)14-5-24-15(28-2)6-23-14/h3-6,9,12H,7-8H2,1-2H3,(H2,22,26)(H,25,27)/t9-,12-,19-/m1/s1.